The van der Waals surface area contributed by atoms with Crippen LogP contribution in [0, 0.1) is 5.92 Å². The molecule has 2 aliphatic heterocycles. The summed E-state index contributed by atoms with van der Waals surface area (Å²) in [5.74, 6) is 3.80. The Labute approximate surface area is 145 Å². The number of rotatable bonds is 6. The van der Waals surface area contributed by atoms with E-state index < -0.39 is 0 Å². The summed E-state index contributed by atoms with van der Waals surface area (Å²) < 4.78 is 7.71. The summed E-state index contributed by atoms with van der Waals surface area (Å²) in [4.78, 5) is 5.13. The minimum absolute atomic E-state index is 0.644. The fourth-order valence-corrected chi connectivity index (χ4v) is 4.19. The van der Waals surface area contributed by atoms with Crippen molar-refractivity contribution in [1.82, 2.24) is 24.6 Å². The number of hydrogen-bond donors (Lipinski definition) is 0. The van der Waals surface area contributed by atoms with Crippen molar-refractivity contribution >= 4 is 0 Å². The van der Waals surface area contributed by atoms with Gasteiger partial charge < -0.3 is 14.2 Å². The second-order valence-electron chi connectivity index (χ2n) is 7.98. The highest BCUT2D eigenvalue weighted by Crippen LogP contribution is 2.38. The second kappa shape index (κ2) is 7.10. The first kappa shape index (κ1) is 16.5. The summed E-state index contributed by atoms with van der Waals surface area (Å²) in [6.45, 7) is 6.50. The maximum absolute atomic E-state index is 5.48. The summed E-state index contributed by atoms with van der Waals surface area (Å²) in [6, 6.07) is 0.644. The van der Waals surface area contributed by atoms with Gasteiger partial charge in [-0.15, -0.1) is 10.2 Å². The molecule has 0 N–H and O–H groups in total. The van der Waals surface area contributed by atoms with Crippen molar-refractivity contribution in [2.45, 2.75) is 50.6 Å². The van der Waals surface area contributed by atoms with Crippen LogP contribution in [0.1, 0.15) is 49.7 Å². The van der Waals surface area contributed by atoms with Crippen molar-refractivity contribution in [3.05, 3.63) is 11.6 Å². The Hall–Kier alpha value is -0.980. The Morgan fingerprint density at radius 2 is 1.92 bits per heavy atom. The summed E-state index contributed by atoms with van der Waals surface area (Å²) >= 11 is 0. The van der Waals surface area contributed by atoms with Crippen LogP contribution < -0.4 is 0 Å². The quantitative estimate of drug-likeness (QED) is 0.792. The number of nitrogens with zero attached hydrogens (tertiary/aromatic N) is 5. The molecule has 1 aromatic heterocycles. The van der Waals surface area contributed by atoms with E-state index in [1.807, 2.05) is 0 Å². The predicted octanol–water partition coefficient (Wildman–Crippen LogP) is 1.63. The maximum atomic E-state index is 5.48. The van der Waals surface area contributed by atoms with Gasteiger partial charge in [0.25, 0.3) is 0 Å². The largest absolute Gasteiger partial charge is 0.381 e. The minimum atomic E-state index is 0.644. The average Bonchev–Trinajstić information content (AvgIpc) is 3.22. The molecule has 6 nitrogen and oxygen atoms in total. The molecule has 134 valence electrons. The Balaban J connectivity index is 1.28. The zero-order valence-electron chi connectivity index (χ0n) is 15.2. The third-order valence-corrected chi connectivity index (χ3v) is 6.06. The van der Waals surface area contributed by atoms with Crippen LogP contribution in [0.25, 0.3) is 0 Å². The fourth-order valence-electron chi connectivity index (χ4n) is 4.19. The Kier molecular flexibility index (Phi) is 4.88. The number of aromatic nitrogens is 3. The van der Waals surface area contributed by atoms with Gasteiger partial charge in [-0.25, -0.2) is 0 Å². The van der Waals surface area contributed by atoms with Crippen LogP contribution in [0.4, 0.5) is 0 Å². The van der Waals surface area contributed by atoms with E-state index in [1.54, 1.807) is 0 Å². The molecule has 0 amide bonds. The molecule has 1 aromatic rings. The van der Waals surface area contributed by atoms with E-state index in [2.05, 4.69) is 38.7 Å². The van der Waals surface area contributed by atoms with Gasteiger partial charge in [0.1, 0.15) is 11.6 Å². The predicted molar refractivity (Wildman–Crippen MR) is 92.8 cm³/mol. The third-order valence-electron chi connectivity index (χ3n) is 6.06. The highest BCUT2D eigenvalue weighted by atomic mass is 16.5. The van der Waals surface area contributed by atoms with Gasteiger partial charge in [0.2, 0.25) is 0 Å². The molecule has 3 heterocycles. The van der Waals surface area contributed by atoms with E-state index in [0.717, 1.165) is 31.5 Å². The van der Waals surface area contributed by atoms with E-state index in [-0.39, 0.29) is 0 Å². The van der Waals surface area contributed by atoms with Crippen LogP contribution in [0.2, 0.25) is 0 Å². The van der Waals surface area contributed by atoms with E-state index in [4.69, 9.17) is 4.74 Å². The summed E-state index contributed by atoms with van der Waals surface area (Å²) in [7, 11) is 4.37. The first-order valence-corrected chi connectivity index (χ1v) is 9.59. The Bertz CT molecular complexity index is 550. The molecule has 4 rings (SSSR count). The highest BCUT2D eigenvalue weighted by Gasteiger charge is 2.31. The first-order valence-electron chi connectivity index (χ1n) is 9.59. The molecule has 0 radical (unpaired) electrons. The van der Waals surface area contributed by atoms with Crippen molar-refractivity contribution in [3.8, 4) is 0 Å². The lowest BCUT2D eigenvalue weighted by molar-refractivity contribution is 0.0545. The van der Waals surface area contributed by atoms with Gasteiger partial charge in [0.05, 0.1) is 6.54 Å². The molecule has 6 heteroatoms. The van der Waals surface area contributed by atoms with Gasteiger partial charge in [-0.3, -0.25) is 4.90 Å². The molecule has 0 aromatic carbocycles. The van der Waals surface area contributed by atoms with Crippen molar-refractivity contribution in [2.24, 2.45) is 13.0 Å². The number of ether oxygens (including phenoxy) is 1. The van der Waals surface area contributed by atoms with Gasteiger partial charge >= 0.3 is 0 Å². The van der Waals surface area contributed by atoms with Crippen LogP contribution >= 0.6 is 0 Å². The van der Waals surface area contributed by atoms with Crippen molar-refractivity contribution < 1.29 is 4.74 Å². The molecule has 2 saturated heterocycles. The van der Waals surface area contributed by atoms with E-state index in [1.165, 1.54) is 57.6 Å². The first-order chi connectivity index (χ1) is 11.7. The lowest BCUT2D eigenvalue weighted by Crippen LogP contribution is -2.36. The van der Waals surface area contributed by atoms with Crippen molar-refractivity contribution in [3.63, 3.8) is 0 Å². The van der Waals surface area contributed by atoms with Gasteiger partial charge in [-0.05, 0) is 51.6 Å². The summed E-state index contributed by atoms with van der Waals surface area (Å²) in [6.07, 6.45) is 6.31. The molecular weight excluding hydrogens is 302 g/mol. The summed E-state index contributed by atoms with van der Waals surface area (Å²) in [5.41, 5.74) is 0. The van der Waals surface area contributed by atoms with Crippen LogP contribution in [0.15, 0.2) is 0 Å². The fraction of sp³-hybridized carbons (Fsp3) is 0.889. The normalized spacial score (nSPS) is 26.5. The molecule has 3 fully saturated rings. The monoisotopic (exact) mass is 333 g/mol. The molecule has 1 saturated carbocycles. The van der Waals surface area contributed by atoms with Crippen LogP contribution in [0.3, 0.4) is 0 Å². The lowest BCUT2D eigenvalue weighted by Gasteiger charge is -2.28. The average molecular weight is 333 g/mol. The summed E-state index contributed by atoms with van der Waals surface area (Å²) in [5, 5.41) is 8.86. The van der Waals surface area contributed by atoms with Gasteiger partial charge in [-0.2, -0.15) is 0 Å². The SMILES string of the molecule is CN(Cc1nnc(C2CC2)n1C)[C@H]1CCN(CC2CCOCC2)C1. The maximum Gasteiger partial charge on any atom is 0.146 e. The van der Waals surface area contributed by atoms with Crippen molar-refractivity contribution in [1.29, 1.82) is 0 Å². The second-order valence-corrected chi connectivity index (χ2v) is 7.98. The third kappa shape index (κ3) is 3.65. The lowest BCUT2D eigenvalue weighted by atomic mass is 10.00. The van der Waals surface area contributed by atoms with Crippen LogP contribution in [0.5, 0.6) is 0 Å². The number of hydrogen-bond acceptors (Lipinski definition) is 5. The molecular formula is C18H31N5O. The zero-order chi connectivity index (χ0) is 16.5. The van der Waals surface area contributed by atoms with Gasteiger partial charge in [-0.1, -0.05) is 0 Å². The Morgan fingerprint density at radius 1 is 1.12 bits per heavy atom. The molecule has 0 bridgehead atoms. The molecule has 0 spiro atoms. The standard InChI is InChI=1S/C18H31N5O/c1-21(13-17-19-20-18(22(17)2)15-3-4-15)16-5-8-23(12-16)11-14-6-9-24-10-7-14/h14-16H,3-13H2,1-2H3/t16-/m0/s1. The van der Waals surface area contributed by atoms with E-state index in [0.29, 0.717) is 12.0 Å². The number of likely N-dealkylation sites (tertiary alicyclic amines) is 1. The Morgan fingerprint density at radius 3 is 2.67 bits per heavy atom. The molecule has 0 unspecified atom stereocenters. The van der Waals surface area contributed by atoms with E-state index in [9.17, 15) is 0 Å². The van der Waals surface area contributed by atoms with Crippen LogP contribution in [-0.4, -0.2) is 70.5 Å². The van der Waals surface area contributed by atoms with Crippen molar-refractivity contribution in [2.75, 3.05) is 39.9 Å². The minimum Gasteiger partial charge on any atom is -0.381 e. The highest BCUT2D eigenvalue weighted by molar-refractivity contribution is 5.07. The number of likely N-dealkylation sites (N-methyl/N-ethyl adjacent to an activating group) is 1. The molecule has 3 aliphatic rings. The van der Waals surface area contributed by atoms with Crippen LogP contribution in [-0.2, 0) is 18.3 Å². The molecule has 1 aliphatic carbocycles. The molecule has 1 atom stereocenters. The topological polar surface area (TPSA) is 46.4 Å². The smallest absolute Gasteiger partial charge is 0.146 e. The molecule has 24 heavy (non-hydrogen) atoms. The zero-order valence-corrected chi connectivity index (χ0v) is 15.2. The van der Waals surface area contributed by atoms with E-state index >= 15 is 0 Å². The van der Waals surface area contributed by atoms with Gasteiger partial charge in [0.15, 0.2) is 0 Å². The van der Waals surface area contributed by atoms with Gasteiger partial charge in [0, 0.05) is 45.3 Å².